The Morgan fingerprint density at radius 1 is 1.13 bits per heavy atom. The number of methoxy groups -OCH3 is 1. The van der Waals surface area contributed by atoms with Crippen LogP contribution in [0.1, 0.15) is 34.6 Å². The number of nitrogens with one attached hydrogen (secondary N) is 1. The van der Waals surface area contributed by atoms with E-state index in [9.17, 15) is 9.59 Å². The van der Waals surface area contributed by atoms with Crippen LogP contribution in [0.15, 0.2) is 70.7 Å². The number of nitrogens with zero attached hydrogens (tertiary/aromatic N) is 2. The number of carbonyl (C=O) groups is 2. The molecule has 0 bridgehead atoms. The summed E-state index contributed by atoms with van der Waals surface area (Å²) < 4.78 is 5.15. The molecule has 1 aromatic heterocycles. The van der Waals surface area contributed by atoms with Gasteiger partial charge in [-0.2, -0.15) is 0 Å². The molecule has 7 heteroatoms. The molecule has 0 radical (unpaired) electrons. The minimum atomic E-state index is -0.225. The van der Waals surface area contributed by atoms with Crippen molar-refractivity contribution in [1.29, 1.82) is 0 Å². The van der Waals surface area contributed by atoms with Crippen molar-refractivity contribution < 1.29 is 14.3 Å². The third-order valence-corrected chi connectivity index (χ3v) is 5.84. The largest absolute Gasteiger partial charge is 0.497 e. The number of hydrogen-bond acceptors (Lipinski definition) is 5. The van der Waals surface area contributed by atoms with Crippen molar-refractivity contribution in [2.24, 2.45) is 0 Å². The Bertz CT molecular complexity index is 1110. The lowest BCUT2D eigenvalue weighted by atomic mass is 10.1. The van der Waals surface area contributed by atoms with Gasteiger partial charge in [-0.15, -0.1) is 0 Å². The first-order valence-electron chi connectivity index (χ1n) is 9.54. The average Bonchev–Trinajstić information content (AvgIpc) is 2.87. The predicted molar refractivity (Wildman–Crippen MR) is 118 cm³/mol. The summed E-state index contributed by atoms with van der Waals surface area (Å²) in [7, 11) is 1.60. The number of hydrogen-bond donors (Lipinski definition) is 1. The molecule has 0 fully saturated rings. The van der Waals surface area contributed by atoms with Crippen LogP contribution in [0.4, 0.5) is 11.4 Å². The molecule has 0 saturated carbocycles. The van der Waals surface area contributed by atoms with E-state index in [1.807, 2.05) is 26.0 Å². The molecule has 6 nitrogen and oxygen atoms in total. The Labute approximate surface area is 179 Å². The van der Waals surface area contributed by atoms with E-state index in [-0.39, 0.29) is 17.9 Å². The minimum Gasteiger partial charge on any atom is -0.497 e. The standard InChI is InChI=1S/C23H21N3O3S/c1-14(2)26-19-11-6-15(21(27)25-16-7-9-17(29-3)10-8-16)13-20(19)30-22-18(23(26)28)5-4-12-24-22/h4-14H,1-3H3,(H,25,27). The molecule has 30 heavy (non-hydrogen) atoms. The molecule has 2 aromatic carbocycles. The van der Waals surface area contributed by atoms with Gasteiger partial charge in [0.05, 0.1) is 18.4 Å². The van der Waals surface area contributed by atoms with E-state index in [1.165, 1.54) is 11.8 Å². The molecular weight excluding hydrogens is 398 g/mol. The van der Waals surface area contributed by atoms with Crippen LogP contribution in [0.3, 0.4) is 0 Å². The first-order valence-corrected chi connectivity index (χ1v) is 10.4. The van der Waals surface area contributed by atoms with Crippen LogP contribution in [-0.2, 0) is 0 Å². The molecule has 0 unspecified atom stereocenters. The zero-order valence-corrected chi connectivity index (χ0v) is 17.7. The van der Waals surface area contributed by atoms with Crippen LogP contribution in [0.2, 0.25) is 0 Å². The second-order valence-corrected chi connectivity index (χ2v) is 8.12. The summed E-state index contributed by atoms with van der Waals surface area (Å²) in [5.41, 5.74) is 2.53. The summed E-state index contributed by atoms with van der Waals surface area (Å²) in [6.45, 7) is 3.94. The molecule has 3 aromatic rings. The first kappa shape index (κ1) is 20.0. The van der Waals surface area contributed by atoms with Crippen molar-refractivity contribution in [1.82, 2.24) is 4.98 Å². The normalized spacial score (nSPS) is 12.8. The Kier molecular flexibility index (Phi) is 5.46. The zero-order chi connectivity index (χ0) is 21.3. The van der Waals surface area contributed by atoms with E-state index in [4.69, 9.17) is 4.74 Å². The fourth-order valence-corrected chi connectivity index (χ4v) is 4.35. The Morgan fingerprint density at radius 3 is 2.60 bits per heavy atom. The van der Waals surface area contributed by atoms with Gasteiger partial charge in [-0.25, -0.2) is 4.98 Å². The smallest absolute Gasteiger partial charge is 0.261 e. The molecule has 4 rings (SSSR count). The van der Waals surface area contributed by atoms with Crippen molar-refractivity contribution in [3.63, 3.8) is 0 Å². The summed E-state index contributed by atoms with van der Waals surface area (Å²) in [5, 5.41) is 3.53. The van der Waals surface area contributed by atoms with Gasteiger partial charge < -0.3 is 15.0 Å². The third kappa shape index (κ3) is 3.76. The maximum atomic E-state index is 13.1. The van der Waals surface area contributed by atoms with Gasteiger partial charge in [0.1, 0.15) is 10.8 Å². The molecule has 0 saturated heterocycles. The number of anilines is 2. The van der Waals surface area contributed by atoms with E-state index < -0.39 is 0 Å². The summed E-state index contributed by atoms with van der Waals surface area (Å²) in [6, 6.07) is 16.0. The zero-order valence-electron chi connectivity index (χ0n) is 16.9. The van der Waals surface area contributed by atoms with Crippen LogP contribution >= 0.6 is 11.8 Å². The van der Waals surface area contributed by atoms with Gasteiger partial charge in [-0.05, 0) is 68.4 Å². The van der Waals surface area contributed by atoms with Crippen LogP contribution < -0.4 is 15.0 Å². The van der Waals surface area contributed by atoms with Crippen molar-refractivity contribution in [2.75, 3.05) is 17.3 Å². The highest BCUT2D eigenvalue weighted by Gasteiger charge is 2.30. The lowest BCUT2D eigenvalue weighted by molar-refractivity contribution is 0.0976. The van der Waals surface area contributed by atoms with Crippen LogP contribution in [-0.4, -0.2) is 29.9 Å². The van der Waals surface area contributed by atoms with Crippen molar-refractivity contribution in [2.45, 2.75) is 29.8 Å². The van der Waals surface area contributed by atoms with Gasteiger partial charge in [0.25, 0.3) is 11.8 Å². The third-order valence-electron chi connectivity index (χ3n) is 4.77. The van der Waals surface area contributed by atoms with E-state index in [0.717, 1.165) is 16.3 Å². The number of amides is 2. The van der Waals surface area contributed by atoms with Crippen LogP contribution in [0, 0.1) is 0 Å². The monoisotopic (exact) mass is 419 g/mol. The molecular formula is C23H21N3O3S. The molecule has 2 heterocycles. The van der Waals surface area contributed by atoms with Gasteiger partial charge in [-0.1, -0.05) is 11.8 Å². The molecule has 152 valence electrons. The van der Waals surface area contributed by atoms with Gasteiger partial charge in [0, 0.05) is 28.4 Å². The molecule has 0 aliphatic carbocycles. The highest BCUT2D eigenvalue weighted by atomic mass is 32.2. The lowest BCUT2D eigenvalue weighted by Crippen LogP contribution is -2.37. The van der Waals surface area contributed by atoms with E-state index in [2.05, 4.69) is 10.3 Å². The number of fused-ring (bicyclic) bond motifs is 2. The highest BCUT2D eigenvalue weighted by molar-refractivity contribution is 7.99. The number of benzene rings is 2. The number of pyridine rings is 1. The van der Waals surface area contributed by atoms with Crippen LogP contribution in [0.25, 0.3) is 0 Å². The molecule has 0 spiro atoms. The van der Waals surface area contributed by atoms with Crippen molar-refractivity contribution in [3.05, 3.63) is 71.9 Å². The average molecular weight is 420 g/mol. The minimum absolute atomic E-state index is 0.0398. The maximum absolute atomic E-state index is 13.1. The number of carbonyl (C=O) groups excluding carboxylic acids is 2. The fourth-order valence-electron chi connectivity index (χ4n) is 3.30. The second-order valence-electron chi connectivity index (χ2n) is 7.09. The first-order chi connectivity index (χ1) is 14.5. The van der Waals surface area contributed by atoms with E-state index >= 15 is 0 Å². The van der Waals surface area contributed by atoms with Crippen molar-refractivity contribution in [3.8, 4) is 5.75 Å². The molecule has 0 atom stereocenters. The van der Waals surface area contributed by atoms with E-state index in [1.54, 1.807) is 60.7 Å². The van der Waals surface area contributed by atoms with Gasteiger partial charge in [-0.3, -0.25) is 9.59 Å². The second kappa shape index (κ2) is 8.20. The summed E-state index contributed by atoms with van der Waals surface area (Å²) in [6.07, 6.45) is 1.67. The topological polar surface area (TPSA) is 71.5 Å². The SMILES string of the molecule is COc1ccc(NC(=O)c2ccc3c(c2)Sc2ncccc2C(=O)N3C(C)C)cc1. The Morgan fingerprint density at radius 2 is 1.90 bits per heavy atom. The summed E-state index contributed by atoms with van der Waals surface area (Å²) in [5.74, 6) is 0.408. The van der Waals surface area contributed by atoms with Crippen LogP contribution in [0.5, 0.6) is 5.75 Å². The lowest BCUT2D eigenvalue weighted by Gasteiger charge is -2.27. The summed E-state index contributed by atoms with van der Waals surface area (Å²) in [4.78, 5) is 32.9. The molecule has 1 N–H and O–H groups in total. The molecule has 1 aliphatic rings. The van der Waals surface area contributed by atoms with Gasteiger partial charge in [0.15, 0.2) is 0 Å². The molecule has 1 aliphatic heterocycles. The number of ether oxygens (including phenoxy) is 1. The summed E-state index contributed by atoms with van der Waals surface area (Å²) >= 11 is 1.40. The Balaban J connectivity index is 1.69. The van der Waals surface area contributed by atoms with Gasteiger partial charge >= 0.3 is 0 Å². The predicted octanol–water partition coefficient (Wildman–Crippen LogP) is 4.86. The number of aromatic nitrogens is 1. The van der Waals surface area contributed by atoms with Crippen molar-refractivity contribution >= 4 is 35.0 Å². The van der Waals surface area contributed by atoms with Gasteiger partial charge in [0.2, 0.25) is 0 Å². The highest BCUT2D eigenvalue weighted by Crippen LogP contribution is 2.41. The molecule has 2 amide bonds. The fraction of sp³-hybridized carbons (Fsp3) is 0.174. The quantitative estimate of drug-likeness (QED) is 0.654. The van der Waals surface area contributed by atoms with E-state index in [0.29, 0.717) is 21.8 Å². The maximum Gasteiger partial charge on any atom is 0.261 e. The number of rotatable bonds is 4. The Hall–Kier alpha value is -3.32.